The van der Waals surface area contributed by atoms with Crippen molar-refractivity contribution in [3.63, 3.8) is 0 Å². The minimum atomic E-state index is -0.145. The molecule has 3 aromatic heterocycles. The lowest BCUT2D eigenvalue weighted by Crippen LogP contribution is -2.15. The summed E-state index contributed by atoms with van der Waals surface area (Å²) in [7, 11) is 0. The van der Waals surface area contributed by atoms with Crippen molar-refractivity contribution in [1.82, 2.24) is 19.5 Å². The third-order valence-corrected chi connectivity index (χ3v) is 11.0. The average Bonchev–Trinajstić information content (AvgIpc) is 3.83. The average molecular weight is 681 g/mol. The molecule has 53 heavy (non-hydrogen) atoms. The number of hydrogen-bond donors (Lipinski definition) is 0. The van der Waals surface area contributed by atoms with Crippen molar-refractivity contribution in [2.75, 3.05) is 0 Å². The Bertz CT molecular complexity index is 3020. The van der Waals surface area contributed by atoms with E-state index in [4.69, 9.17) is 19.4 Å². The van der Waals surface area contributed by atoms with Crippen molar-refractivity contribution in [2.24, 2.45) is 0 Å². The number of benzene rings is 7. The molecule has 0 amide bonds. The maximum atomic E-state index is 6.67. The molecule has 1 aliphatic rings. The van der Waals surface area contributed by atoms with Crippen LogP contribution in [0.4, 0.5) is 0 Å². The van der Waals surface area contributed by atoms with Gasteiger partial charge in [0, 0.05) is 38.3 Å². The van der Waals surface area contributed by atoms with Crippen LogP contribution in [-0.2, 0) is 5.41 Å². The fourth-order valence-electron chi connectivity index (χ4n) is 8.50. The first kappa shape index (κ1) is 29.8. The molecular weight excluding hydrogens is 649 g/mol. The smallest absolute Gasteiger partial charge is 0.164 e. The van der Waals surface area contributed by atoms with Crippen LogP contribution in [0.25, 0.3) is 94.7 Å². The normalized spacial score (nSPS) is 13.2. The molecule has 0 saturated carbocycles. The topological polar surface area (TPSA) is 56.7 Å². The van der Waals surface area contributed by atoms with Crippen LogP contribution in [0.1, 0.15) is 25.0 Å². The number of hydrogen-bond acceptors (Lipinski definition) is 4. The van der Waals surface area contributed by atoms with Gasteiger partial charge in [-0.25, -0.2) is 15.0 Å². The van der Waals surface area contributed by atoms with Crippen molar-refractivity contribution < 1.29 is 4.42 Å². The number of aromatic nitrogens is 4. The zero-order valence-corrected chi connectivity index (χ0v) is 29.2. The van der Waals surface area contributed by atoms with Crippen LogP contribution in [0.3, 0.4) is 0 Å². The molecule has 250 valence electrons. The highest BCUT2D eigenvalue weighted by molar-refractivity contribution is 6.16. The quantitative estimate of drug-likeness (QED) is 0.186. The second-order valence-corrected chi connectivity index (χ2v) is 14.4. The summed E-state index contributed by atoms with van der Waals surface area (Å²) < 4.78 is 9.10. The molecule has 0 atom stereocenters. The number of nitrogens with zero attached hydrogens (tertiary/aromatic N) is 4. The molecule has 0 bridgehead atoms. The number of furan rings is 1. The van der Waals surface area contributed by atoms with Crippen molar-refractivity contribution in [1.29, 1.82) is 0 Å². The van der Waals surface area contributed by atoms with E-state index in [2.05, 4.69) is 103 Å². The molecule has 0 saturated heterocycles. The molecule has 10 aromatic rings. The second kappa shape index (κ2) is 11.1. The highest BCUT2D eigenvalue weighted by Gasteiger charge is 2.36. The first-order valence-electron chi connectivity index (χ1n) is 18.0. The summed E-state index contributed by atoms with van der Waals surface area (Å²) in [5.74, 6) is 1.82. The van der Waals surface area contributed by atoms with Crippen molar-refractivity contribution in [2.45, 2.75) is 19.3 Å². The molecule has 0 spiro atoms. The van der Waals surface area contributed by atoms with Gasteiger partial charge in [-0.2, -0.15) is 0 Å². The monoisotopic (exact) mass is 680 g/mol. The van der Waals surface area contributed by atoms with Crippen LogP contribution in [0.5, 0.6) is 0 Å². The van der Waals surface area contributed by atoms with Gasteiger partial charge in [0.1, 0.15) is 11.2 Å². The largest absolute Gasteiger partial charge is 0.456 e. The van der Waals surface area contributed by atoms with E-state index in [9.17, 15) is 0 Å². The minimum absolute atomic E-state index is 0.145. The predicted molar refractivity (Wildman–Crippen MR) is 215 cm³/mol. The van der Waals surface area contributed by atoms with Crippen LogP contribution < -0.4 is 0 Å². The van der Waals surface area contributed by atoms with Crippen LogP contribution in [0, 0.1) is 0 Å². The van der Waals surface area contributed by atoms with Crippen LogP contribution in [0.15, 0.2) is 162 Å². The lowest BCUT2D eigenvalue weighted by molar-refractivity contribution is 0.661. The van der Waals surface area contributed by atoms with Crippen molar-refractivity contribution >= 4 is 43.7 Å². The van der Waals surface area contributed by atoms with E-state index in [0.29, 0.717) is 17.5 Å². The molecule has 3 heterocycles. The van der Waals surface area contributed by atoms with E-state index in [1.54, 1.807) is 0 Å². The van der Waals surface area contributed by atoms with Gasteiger partial charge in [0.15, 0.2) is 17.5 Å². The Hall–Kier alpha value is -6.85. The van der Waals surface area contributed by atoms with Crippen molar-refractivity contribution in [3.8, 4) is 51.0 Å². The van der Waals surface area contributed by atoms with E-state index < -0.39 is 0 Å². The van der Waals surface area contributed by atoms with E-state index in [1.165, 1.54) is 33.0 Å². The van der Waals surface area contributed by atoms with Crippen molar-refractivity contribution in [3.05, 3.63) is 169 Å². The van der Waals surface area contributed by atoms with E-state index in [0.717, 1.165) is 55.3 Å². The Morgan fingerprint density at radius 2 is 1.06 bits per heavy atom. The zero-order valence-electron chi connectivity index (χ0n) is 29.2. The summed E-state index contributed by atoms with van der Waals surface area (Å²) in [6.07, 6.45) is 0. The Balaban J connectivity index is 1.24. The molecular formula is C48H32N4O. The van der Waals surface area contributed by atoms with E-state index >= 15 is 0 Å². The molecule has 0 fully saturated rings. The summed E-state index contributed by atoms with van der Waals surface area (Å²) in [6.45, 7) is 4.68. The zero-order chi connectivity index (χ0) is 35.3. The highest BCUT2D eigenvalue weighted by Crippen LogP contribution is 2.51. The molecule has 7 aromatic carbocycles. The van der Waals surface area contributed by atoms with Gasteiger partial charge in [0.25, 0.3) is 0 Å². The standard InChI is InChI=1S/C48H32N4O/c1-48(2)37-22-12-9-19-32(37)35-27-36-33-20-10-13-23-39(33)52(40(36)28-38(35)48)41-25-31(26-43-44(41)34-21-11-14-24-42(34)53-43)47-50-45(29-15-5-3-6-16-29)49-46(51-47)30-17-7-4-8-18-30/h3-28H,1-2H3. The van der Waals surface area contributed by atoms with Gasteiger partial charge in [-0.1, -0.05) is 135 Å². The lowest BCUT2D eigenvalue weighted by Gasteiger charge is -2.21. The fraction of sp³-hybridized carbons (Fsp3) is 0.0625. The van der Waals surface area contributed by atoms with Crippen LogP contribution in [0.2, 0.25) is 0 Å². The Labute approximate surface area is 305 Å². The van der Waals surface area contributed by atoms with Gasteiger partial charge in [-0.3, -0.25) is 0 Å². The predicted octanol–water partition coefficient (Wildman–Crippen LogP) is 12.2. The Kier molecular flexibility index (Phi) is 6.23. The van der Waals surface area contributed by atoms with Gasteiger partial charge in [-0.15, -0.1) is 0 Å². The Morgan fingerprint density at radius 3 is 1.79 bits per heavy atom. The number of para-hydroxylation sites is 2. The van der Waals surface area contributed by atoms with E-state index in [-0.39, 0.29) is 5.41 Å². The summed E-state index contributed by atoms with van der Waals surface area (Å²) in [5, 5.41) is 4.54. The minimum Gasteiger partial charge on any atom is -0.456 e. The molecule has 1 aliphatic carbocycles. The molecule has 11 rings (SSSR count). The first-order valence-corrected chi connectivity index (χ1v) is 18.0. The SMILES string of the molecule is CC1(C)c2ccccc2-c2cc3c4ccccc4n(-c4cc(-c5nc(-c6ccccc6)nc(-c6ccccc6)n5)cc5oc6ccccc6c45)c3cc21. The summed E-state index contributed by atoms with van der Waals surface area (Å²) in [6, 6.07) is 55.3. The lowest BCUT2D eigenvalue weighted by atomic mass is 9.82. The van der Waals surface area contributed by atoms with Gasteiger partial charge in [0.05, 0.1) is 22.1 Å². The first-order chi connectivity index (χ1) is 26.0. The molecule has 0 aliphatic heterocycles. The molecule has 5 nitrogen and oxygen atoms in total. The maximum absolute atomic E-state index is 6.67. The maximum Gasteiger partial charge on any atom is 0.164 e. The number of rotatable bonds is 4. The second-order valence-electron chi connectivity index (χ2n) is 14.4. The third kappa shape index (κ3) is 4.40. The van der Waals surface area contributed by atoms with Gasteiger partial charge < -0.3 is 8.98 Å². The van der Waals surface area contributed by atoms with E-state index in [1.807, 2.05) is 72.8 Å². The summed E-state index contributed by atoms with van der Waals surface area (Å²) in [4.78, 5) is 15.2. The Morgan fingerprint density at radius 1 is 0.453 bits per heavy atom. The van der Waals surface area contributed by atoms with Crippen LogP contribution >= 0.6 is 0 Å². The van der Waals surface area contributed by atoms with Gasteiger partial charge in [-0.05, 0) is 58.7 Å². The molecule has 0 N–H and O–H groups in total. The summed E-state index contributed by atoms with van der Waals surface area (Å²) >= 11 is 0. The van der Waals surface area contributed by atoms with Gasteiger partial charge >= 0.3 is 0 Å². The highest BCUT2D eigenvalue weighted by atomic mass is 16.3. The fourth-order valence-corrected chi connectivity index (χ4v) is 8.50. The van der Waals surface area contributed by atoms with Crippen LogP contribution in [-0.4, -0.2) is 19.5 Å². The third-order valence-electron chi connectivity index (χ3n) is 11.0. The van der Waals surface area contributed by atoms with Gasteiger partial charge in [0.2, 0.25) is 0 Å². The molecule has 0 radical (unpaired) electrons. The number of fused-ring (bicyclic) bond motifs is 9. The summed E-state index contributed by atoms with van der Waals surface area (Å²) in [5.41, 5.74) is 12.8. The molecule has 0 unspecified atom stereocenters. The molecule has 5 heteroatoms.